The number of nitrogens with zero attached hydrogens (tertiary/aromatic N) is 1. The molecule has 0 spiro atoms. The lowest BCUT2D eigenvalue weighted by Gasteiger charge is -2.04. The fourth-order valence-electron chi connectivity index (χ4n) is 1.07. The molecule has 0 unspecified atom stereocenters. The molecule has 0 saturated heterocycles. The van der Waals surface area contributed by atoms with Crippen LogP contribution in [0.25, 0.3) is 0 Å². The monoisotopic (exact) mass is 201 g/mol. The quantitative estimate of drug-likeness (QED) is 0.171. The second-order valence-electron chi connectivity index (χ2n) is 3.61. The molecule has 0 aromatic rings. The SMILES string of the molecule is NC(CCNCCOCC1CC1)=NO. The molecule has 0 aromatic heterocycles. The van der Waals surface area contributed by atoms with E-state index in [9.17, 15) is 0 Å². The van der Waals surface area contributed by atoms with Gasteiger partial charge in [-0.25, -0.2) is 0 Å². The Morgan fingerprint density at radius 3 is 2.93 bits per heavy atom. The van der Waals surface area contributed by atoms with Crippen molar-refractivity contribution >= 4 is 5.84 Å². The van der Waals surface area contributed by atoms with E-state index in [2.05, 4.69) is 10.5 Å². The Bertz CT molecular complexity index is 181. The zero-order valence-electron chi connectivity index (χ0n) is 8.41. The van der Waals surface area contributed by atoms with Crippen molar-refractivity contribution in [3.05, 3.63) is 0 Å². The first-order chi connectivity index (χ1) is 6.83. The van der Waals surface area contributed by atoms with Crippen molar-refractivity contribution in [2.24, 2.45) is 16.8 Å². The van der Waals surface area contributed by atoms with E-state index >= 15 is 0 Å². The van der Waals surface area contributed by atoms with Crippen LogP contribution in [0.3, 0.4) is 0 Å². The average molecular weight is 201 g/mol. The van der Waals surface area contributed by atoms with Crippen LogP contribution in [0.5, 0.6) is 0 Å². The maximum atomic E-state index is 8.25. The Labute approximate surface area is 84.3 Å². The highest BCUT2D eigenvalue weighted by atomic mass is 16.5. The van der Waals surface area contributed by atoms with Gasteiger partial charge >= 0.3 is 0 Å². The van der Waals surface area contributed by atoms with Gasteiger partial charge < -0.3 is 21.0 Å². The summed E-state index contributed by atoms with van der Waals surface area (Å²) in [4.78, 5) is 0. The van der Waals surface area contributed by atoms with Crippen LogP contribution in [0.2, 0.25) is 0 Å². The van der Waals surface area contributed by atoms with Gasteiger partial charge in [-0.05, 0) is 18.8 Å². The first kappa shape index (κ1) is 11.3. The second kappa shape index (κ2) is 6.62. The summed E-state index contributed by atoms with van der Waals surface area (Å²) < 4.78 is 5.42. The molecule has 0 bridgehead atoms. The molecule has 0 heterocycles. The van der Waals surface area contributed by atoms with Gasteiger partial charge in [0.25, 0.3) is 0 Å². The zero-order valence-corrected chi connectivity index (χ0v) is 8.41. The van der Waals surface area contributed by atoms with E-state index < -0.39 is 0 Å². The molecule has 0 atom stereocenters. The number of hydrogen-bond donors (Lipinski definition) is 3. The summed E-state index contributed by atoms with van der Waals surface area (Å²) in [6, 6.07) is 0. The molecule has 5 nitrogen and oxygen atoms in total. The summed E-state index contributed by atoms with van der Waals surface area (Å²) in [6.45, 7) is 3.20. The second-order valence-corrected chi connectivity index (χ2v) is 3.61. The lowest BCUT2D eigenvalue weighted by atomic mass is 10.4. The molecule has 14 heavy (non-hydrogen) atoms. The van der Waals surface area contributed by atoms with E-state index in [1.54, 1.807) is 0 Å². The van der Waals surface area contributed by atoms with Crippen molar-refractivity contribution in [1.29, 1.82) is 0 Å². The summed E-state index contributed by atoms with van der Waals surface area (Å²) in [7, 11) is 0. The number of nitrogens with two attached hydrogens (primary N) is 1. The highest BCUT2D eigenvalue weighted by Crippen LogP contribution is 2.28. The van der Waals surface area contributed by atoms with Crippen molar-refractivity contribution in [2.75, 3.05) is 26.3 Å². The largest absolute Gasteiger partial charge is 0.409 e. The molecule has 5 heteroatoms. The molecule has 82 valence electrons. The molecule has 4 N–H and O–H groups in total. The van der Waals surface area contributed by atoms with Crippen LogP contribution in [0.15, 0.2) is 5.16 Å². The molecule has 0 radical (unpaired) electrons. The summed E-state index contributed by atoms with van der Waals surface area (Å²) in [5.41, 5.74) is 5.29. The number of oxime groups is 1. The molecule has 0 aliphatic heterocycles. The van der Waals surface area contributed by atoms with E-state index in [0.29, 0.717) is 6.42 Å². The fraction of sp³-hybridized carbons (Fsp3) is 0.889. The average Bonchev–Trinajstić information content (AvgIpc) is 2.99. The molecular weight excluding hydrogens is 182 g/mol. The topological polar surface area (TPSA) is 79.9 Å². The number of rotatable bonds is 8. The predicted molar refractivity (Wildman–Crippen MR) is 54.4 cm³/mol. The smallest absolute Gasteiger partial charge is 0.140 e. The number of nitrogens with one attached hydrogen (secondary N) is 1. The van der Waals surface area contributed by atoms with Crippen LogP contribution >= 0.6 is 0 Å². The third kappa shape index (κ3) is 5.77. The Morgan fingerprint density at radius 2 is 2.29 bits per heavy atom. The maximum absolute atomic E-state index is 8.25. The Morgan fingerprint density at radius 1 is 1.50 bits per heavy atom. The van der Waals surface area contributed by atoms with Crippen LogP contribution in [-0.2, 0) is 4.74 Å². The summed E-state index contributed by atoms with van der Waals surface area (Å²) in [5.74, 6) is 1.09. The van der Waals surface area contributed by atoms with E-state index in [4.69, 9.17) is 15.7 Å². The zero-order chi connectivity index (χ0) is 10.2. The molecule has 0 aromatic carbocycles. The van der Waals surface area contributed by atoms with Crippen LogP contribution in [-0.4, -0.2) is 37.3 Å². The Balaban J connectivity index is 1.74. The lowest BCUT2D eigenvalue weighted by molar-refractivity contribution is 0.126. The van der Waals surface area contributed by atoms with E-state index in [1.165, 1.54) is 12.8 Å². The minimum atomic E-state index is 0.261. The van der Waals surface area contributed by atoms with E-state index in [-0.39, 0.29) is 5.84 Å². The first-order valence-corrected chi connectivity index (χ1v) is 5.08. The van der Waals surface area contributed by atoms with Gasteiger partial charge in [0.15, 0.2) is 0 Å². The predicted octanol–water partition coefficient (Wildman–Crippen LogP) is 0.139. The summed E-state index contributed by atoms with van der Waals surface area (Å²) >= 11 is 0. The van der Waals surface area contributed by atoms with Crippen molar-refractivity contribution < 1.29 is 9.94 Å². The molecule has 1 aliphatic carbocycles. The Hall–Kier alpha value is -0.810. The standard InChI is InChI=1S/C9H19N3O2/c10-9(12-13)3-4-11-5-6-14-7-8-1-2-8/h8,11,13H,1-7H2,(H2,10,12). The molecule has 0 amide bonds. The third-order valence-electron chi connectivity index (χ3n) is 2.16. The van der Waals surface area contributed by atoms with Gasteiger partial charge in [-0.3, -0.25) is 0 Å². The first-order valence-electron chi connectivity index (χ1n) is 5.08. The molecular formula is C9H19N3O2. The molecule has 1 fully saturated rings. The molecule has 1 rings (SSSR count). The van der Waals surface area contributed by atoms with Gasteiger partial charge in [0.05, 0.1) is 6.61 Å². The number of amidine groups is 1. The van der Waals surface area contributed by atoms with Gasteiger partial charge in [0.2, 0.25) is 0 Å². The minimum absolute atomic E-state index is 0.261. The lowest BCUT2D eigenvalue weighted by Crippen LogP contribution is -2.25. The van der Waals surface area contributed by atoms with Crippen LogP contribution < -0.4 is 11.1 Å². The van der Waals surface area contributed by atoms with Gasteiger partial charge in [-0.15, -0.1) is 0 Å². The highest BCUT2D eigenvalue weighted by molar-refractivity contribution is 5.79. The Kier molecular flexibility index (Phi) is 5.32. The number of ether oxygens (including phenoxy) is 1. The maximum Gasteiger partial charge on any atom is 0.140 e. The highest BCUT2D eigenvalue weighted by Gasteiger charge is 2.20. The normalized spacial score (nSPS) is 17.3. The van der Waals surface area contributed by atoms with Crippen LogP contribution in [0, 0.1) is 5.92 Å². The molecule has 1 saturated carbocycles. The summed E-state index contributed by atoms with van der Waals surface area (Å²) in [6.07, 6.45) is 3.23. The van der Waals surface area contributed by atoms with Crippen LogP contribution in [0.1, 0.15) is 19.3 Å². The van der Waals surface area contributed by atoms with Crippen molar-refractivity contribution in [3.63, 3.8) is 0 Å². The van der Waals surface area contributed by atoms with Crippen molar-refractivity contribution in [1.82, 2.24) is 5.32 Å². The fourth-order valence-corrected chi connectivity index (χ4v) is 1.07. The minimum Gasteiger partial charge on any atom is -0.409 e. The van der Waals surface area contributed by atoms with Gasteiger partial charge in [0.1, 0.15) is 5.84 Å². The van der Waals surface area contributed by atoms with Crippen LogP contribution in [0.4, 0.5) is 0 Å². The summed E-state index contributed by atoms with van der Waals surface area (Å²) in [5, 5.41) is 14.3. The van der Waals surface area contributed by atoms with Gasteiger partial charge in [0, 0.05) is 26.1 Å². The van der Waals surface area contributed by atoms with Crippen molar-refractivity contribution in [3.8, 4) is 0 Å². The van der Waals surface area contributed by atoms with Gasteiger partial charge in [-0.2, -0.15) is 0 Å². The van der Waals surface area contributed by atoms with Gasteiger partial charge in [-0.1, -0.05) is 5.16 Å². The molecule has 1 aliphatic rings. The van der Waals surface area contributed by atoms with E-state index in [0.717, 1.165) is 32.2 Å². The third-order valence-corrected chi connectivity index (χ3v) is 2.16. The van der Waals surface area contributed by atoms with Crippen molar-refractivity contribution in [2.45, 2.75) is 19.3 Å². The van der Waals surface area contributed by atoms with E-state index in [1.807, 2.05) is 0 Å². The number of hydrogen-bond acceptors (Lipinski definition) is 4.